The molecule has 0 saturated heterocycles. The van der Waals surface area contributed by atoms with Crippen molar-refractivity contribution in [1.29, 1.82) is 0 Å². The number of nitrogens with zero attached hydrogens (tertiary/aromatic N) is 2. The number of hydrogen-bond acceptors (Lipinski definition) is 3. The van der Waals surface area contributed by atoms with Crippen LogP contribution >= 0.6 is 0 Å². The van der Waals surface area contributed by atoms with Crippen molar-refractivity contribution in [2.24, 2.45) is 0 Å². The Labute approximate surface area is 114 Å². The molecule has 1 aromatic carbocycles. The Balaban J connectivity index is 1.69. The molecule has 0 saturated carbocycles. The summed E-state index contributed by atoms with van der Waals surface area (Å²) < 4.78 is 0. The van der Waals surface area contributed by atoms with Crippen LogP contribution in [0.2, 0.25) is 0 Å². The largest absolute Gasteiger partial charge is 0.380 e. The SMILES string of the molecule is Cc1ccc(NCc2ccc3c(c2)CCN3C)cn1. The van der Waals surface area contributed by atoms with E-state index in [0.29, 0.717) is 0 Å². The number of nitrogens with one attached hydrogen (secondary N) is 1. The van der Waals surface area contributed by atoms with Crippen molar-refractivity contribution in [1.82, 2.24) is 4.98 Å². The highest BCUT2D eigenvalue weighted by Crippen LogP contribution is 2.27. The molecule has 0 fully saturated rings. The lowest BCUT2D eigenvalue weighted by Crippen LogP contribution is -2.12. The monoisotopic (exact) mass is 253 g/mol. The molecule has 1 N–H and O–H groups in total. The Hall–Kier alpha value is -2.03. The van der Waals surface area contributed by atoms with Gasteiger partial charge in [-0.25, -0.2) is 0 Å². The number of anilines is 2. The van der Waals surface area contributed by atoms with E-state index < -0.39 is 0 Å². The Bertz CT molecular complexity index is 575. The van der Waals surface area contributed by atoms with Crippen LogP contribution in [0.1, 0.15) is 16.8 Å². The van der Waals surface area contributed by atoms with Crippen molar-refractivity contribution in [2.75, 3.05) is 23.8 Å². The molecule has 0 amide bonds. The number of aryl methyl sites for hydroxylation is 1. The van der Waals surface area contributed by atoms with Crippen LogP contribution in [0.4, 0.5) is 11.4 Å². The summed E-state index contributed by atoms with van der Waals surface area (Å²) in [4.78, 5) is 6.61. The van der Waals surface area contributed by atoms with Gasteiger partial charge in [0.05, 0.1) is 11.9 Å². The van der Waals surface area contributed by atoms with Crippen LogP contribution in [0.5, 0.6) is 0 Å². The smallest absolute Gasteiger partial charge is 0.0529 e. The van der Waals surface area contributed by atoms with Gasteiger partial charge >= 0.3 is 0 Å². The van der Waals surface area contributed by atoms with E-state index in [4.69, 9.17) is 0 Å². The molecular formula is C16H19N3. The maximum absolute atomic E-state index is 4.29. The Morgan fingerprint density at radius 1 is 1.26 bits per heavy atom. The molecule has 0 atom stereocenters. The lowest BCUT2D eigenvalue weighted by Gasteiger charge is -2.12. The quantitative estimate of drug-likeness (QED) is 0.911. The Kier molecular flexibility index (Phi) is 3.11. The fraction of sp³-hybridized carbons (Fsp3) is 0.312. The van der Waals surface area contributed by atoms with Gasteiger partial charge in [-0.3, -0.25) is 4.98 Å². The first-order chi connectivity index (χ1) is 9.22. The summed E-state index contributed by atoms with van der Waals surface area (Å²) in [5.74, 6) is 0. The molecule has 3 heteroatoms. The number of fused-ring (bicyclic) bond motifs is 1. The van der Waals surface area contributed by atoms with Crippen molar-refractivity contribution in [3.05, 3.63) is 53.3 Å². The molecule has 0 radical (unpaired) electrons. The van der Waals surface area contributed by atoms with E-state index in [-0.39, 0.29) is 0 Å². The fourth-order valence-corrected chi connectivity index (χ4v) is 2.51. The summed E-state index contributed by atoms with van der Waals surface area (Å²) in [5.41, 5.74) is 6.29. The molecule has 2 aromatic rings. The number of benzene rings is 1. The lowest BCUT2D eigenvalue weighted by molar-refractivity contribution is 0.955. The third-order valence-corrected chi connectivity index (χ3v) is 3.68. The number of pyridine rings is 1. The minimum absolute atomic E-state index is 0.849. The maximum Gasteiger partial charge on any atom is 0.0529 e. The van der Waals surface area contributed by atoms with Gasteiger partial charge in [0.2, 0.25) is 0 Å². The second-order valence-electron chi connectivity index (χ2n) is 5.18. The van der Waals surface area contributed by atoms with Gasteiger partial charge in [-0.05, 0) is 42.7 Å². The average Bonchev–Trinajstić information content (AvgIpc) is 2.79. The van der Waals surface area contributed by atoms with E-state index in [2.05, 4.69) is 46.5 Å². The molecule has 0 bridgehead atoms. The fourth-order valence-electron chi connectivity index (χ4n) is 2.51. The van der Waals surface area contributed by atoms with Gasteiger partial charge in [0.15, 0.2) is 0 Å². The van der Waals surface area contributed by atoms with E-state index in [1.165, 1.54) is 16.8 Å². The molecule has 0 spiro atoms. The minimum Gasteiger partial charge on any atom is -0.380 e. The van der Waals surface area contributed by atoms with Crippen LogP contribution in [0.3, 0.4) is 0 Å². The van der Waals surface area contributed by atoms with Crippen LogP contribution in [0.15, 0.2) is 36.5 Å². The maximum atomic E-state index is 4.29. The van der Waals surface area contributed by atoms with Crippen LogP contribution in [0, 0.1) is 6.92 Å². The number of rotatable bonds is 3. The lowest BCUT2D eigenvalue weighted by atomic mass is 10.1. The summed E-state index contributed by atoms with van der Waals surface area (Å²) in [6, 6.07) is 10.8. The van der Waals surface area contributed by atoms with E-state index in [9.17, 15) is 0 Å². The second-order valence-corrected chi connectivity index (χ2v) is 5.18. The zero-order valence-corrected chi connectivity index (χ0v) is 11.5. The molecular weight excluding hydrogens is 234 g/mol. The Morgan fingerprint density at radius 3 is 2.95 bits per heavy atom. The first kappa shape index (κ1) is 12.0. The van der Waals surface area contributed by atoms with E-state index in [0.717, 1.165) is 30.9 Å². The molecule has 1 aliphatic heterocycles. The Morgan fingerprint density at radius 2 is 2.16 bits per heavy atom. The standard InChI is InChI=1S/C16H19N3/c1-12-3-5-15(11-17-12)18-10-13-4-6-16-14(9-13)7-8-19(16)2/h3-6,9,11,18H,7-8,10H2,1-2H3. The van der Waals surface area contributed by atoms with Gasteiger partial charge in [-0.2, -0.15) is 0 Å². The van der Waals surface area contributed by atoms with Gasteiger partial charge in [-0.15, -0.1) is 0 Å². The highest BCUT2D eigenvalue weighted by atomic mass is 15.1. The summed E-state index contributed by atoms with van der Waals surface area (Å²) in [5, 5.41) is 3.41. The van der Waals surface area contributed by atoms with Gasteiger partial charge in [-0.1, -0.05) is 12.1 Å². The molecule has 3 rings (SSSR count). The topological polar surface area (TPSA) is 28.2 Å². The predicted octanol–water partition coefficient (Wildman–Crippen LogP) is 2.99. The van der Waals surface area contributed by atoms with Crippen molar-refractivity contribution in [3.63, 3.8) is 0 Å². The van der Waals surface area contributed by atoms with Crippen LogP contribution < -0.4 is 10.2 Å². The minimum atomic E-state index is 0.849. The van der Waals surface area contributed by atoms with Crippen molar-refractivity contribution in [3.8, 4) is 0 Å². The van der Waals surface area contributed by atoms with Crippen molar-refractivity contribution >= 4 is 11.4 Å². The molecule has 19 heavy (non-hydrogen) atoms. The summed E-state index contributed by atoms with van der Waals surface area (Å²) in [6.45, 7) is 3.98. The first-order valence-electron chi connectivity index (χ1n) is 6.72. The second kappa shape index (κ2) is 4.92. The molecule has 2 heterocycles. The highest BCUT2D eigenvalue weighted by molar-refractivity contribution is 5.58. The van der Waals surface area contributed by atoms with Crippen LogP contribution in [0.25, 0.3) is 0 Å². The first-order valence-corrected chi connectivity index (χ1v) is 6.72. The zero-order chi connectivity index (χ0) is 13.2. The van der Waals surface area contributed by atoms with Crippen molar-refractivity contribution < 1.29 is 0 Å². The third-order valence-electron chi connectivity index (χ3n) is 3.68. The summed E-state index contributed by atoms with van der Waals surface area (Å²) in [7, 11) is 2.15. The van der Waals surface area contributed by atoms with Crippen LogP contribution in [-0.2, 0) is 13.0 Å². The third kappa shape index (κ3) is 2.55. The summed E-state index contributed by atoms with van der Waals surface area (Å²) >= 11 is 0. The zero-order valence-electron chi connectivity index (χ0n) is 11.5. The molecule has 98 valence electrons. The molecule has 0 aliphatic carbocycles. The summed E-state index contributed by atoms with van der Waals surface area (Å²) in [6.07, 6.45) is 3.04. The van der Waals surface area contributed by atoms with Gasteiger partial charge in [0.25, 0.3) is 0 Å². The van der Waals surface area contributed by atoms with Crippen LogP contribution in [-0.4, -0.2) is 18.6 Å². The van der Waals surface area contributed by atoms with Gasteiger partial charge in [0.1, 0.15) is 0 Å². The van der Waals surface area contributed by atoms with Gasteiger partial charge in [0, 0.05) is 31.5 Å². The van der Waals surface area contributed by atoms with Crippen molar-refractivity contribution in [2.45, 2.75) is 19.9 Å². The number of likely N-dealkylation sites (N-methyl/N-ethyl adjacent to an activating group) is 1. The average molecular weight is 253 g/mol. The molecule has 1 aromatic heterocycles. The molecule has 1 aliphatic rings. The number of hydrogen-bond donors (Lipinski definition) is 1. The van der Waals surface area contributed by atoms with E-state index in [1.54, 1.807) is 0 Å². The van der Waals surface area contributed by atoms with Gasteiger partial charge < -0.3 is 10.2 Å². The highest BCUT2D eigenvalue weighted by Gasteiger charge is 2.15. The molecule has 3 nitrogen and oxygen atoms in total. The normalized spacial score (nSPS) is 13.5. The number of aromatic nitrogens is 1. The molecule has 0 unspecified atom stereocenters. The van der Waals surface area contributed by atoms with E-state index >= 15 is 0 Å². The predicted molar refractivity (Wildman–Crippen MR) is 79.7 cm³/mol. The van der Waals surface area contributed by atoms with E-state index in [1.807, 2.05) is 19.2 Å².